The Morgan fingerprint density at radius 2 is 0.875 bits per heavy atom. The van der Waals surface area contributed by atoms with E-state index < -0.39 is 0 Å². The van der Waals surface area contributed by atoms with Crippen molar-refractivity contribution in [1.29, 1.82) is 0 Å². The molecule has 7 heteroatoms. The Morgan fingerprint density at radius 1 is 0.396 bits per heavy atom. The van der Waals surface area contributed by atoms with Gasteiger partial charge in [-0.25, -0.2) is 0 Å². The summed E-state index contributed by atoms with van der Waals surface area (Å²) in [6.45, 7) is 39.8. The van der Waals surface area contributed by atoms with Crippen LogP contribution in [0.1, 0.15) is 341 Å². The Labute approximate surface area is 595 Å². The predicted octanol–water partition coefficient (Wildman–Crippen LogP) is 23.8. The maximum atomic E-state index is 6.04. The zero-order valence-corrected chi connectivity index (χ0v) is 65.9. The molecule has 0 N–H and O–H groups in total. The molecule has 16 bridgehead atoms. The summed E-state index contributed by atoms with van der Waals surface area (Å²) in [6, 6.07) is 0. The molecule has 0 aromatic heterocycles. The summed E-state index contributed by atoms with van der Waals surface area (Å²) in [4.78, 5) is 0. The van der Waals surface area contributed by atoms with Crippen molar-refractivity contribution in [3.8, 4) is 0 Å². The van der Waals surface area contributed by atoms with Crippen molar-refractivity contribution in [1.82, 2.24) is 0 Å². The largest absolute Gasteiger partial charge is 0.381 e. The van der Waals surface area contributed by atoms with Crippen LogP contribution in [0.3, 0.4) is 0 Å². The third kappa shape index (κ3) is 20.8. The van der Waals surface area contributed by atoms with Crippen molar-refractivity contribution >= 4 is 0 Å². The Balaban J connectivity index is 0.000000122. The van der Waals surface area contributed by atoms with E-state index in [0.29, 0.717) is 46.3 Å². The van der Waals surface area contributed by atoms with Crippen LogP contribution < -0.4 is 0 Å². The van der Waals surface area contributed by atoms with Crippen LogP contribution in [0.5, 0.6) is 0 Å². The summed E-state index contributed by atoms with van der Waals surface area (Å²) < 4.78 is 40.9. The lowest BCUT2D eigenvalue weighted by Crippen LogP contribution is -2.51. The first-order valence-corrected chi connectivity index (χ1v) is 43.5. The highest BCUT2D eigenvalue weighted by atomic mass is 16.5. The first-order chi connectivity index (χ1) is 46.3. The van der Waals surface area contributed by atoms with Crippen molar-refractivity contribution in [2.24, 2.45) is 135 Å². The molecule has 96 heavy (non-hydrogen) atoms. The van der Waals surface area contributed by atoms with Crippen LogP contribution in [0.2, 0.25) is 0 Å². The van der Waals surface area contributed by atoms with Gasteiger partial charge >= 0.3 is 0 Å². The van der Waals surface area contributed by atoms with Gasteiger partial charge in [-0.15, -0.1) is 0 Å². The summed E-state index contributed by atoms with van der Waals surface area (Å²) in [6.07, 6.45) is 57.6. The number of hydrogen-bond acceptors (Lipinski definition) is 7. The average molecular weight is 1340 g/mol. The molecule has 20 fully saturated rings. The van der Waals surface area contributed by atoms with E-state index in [1.165, 1.54) is 212 Å². The highest BCUT2D eigenvalue weighted by Gasteiger charge is 2.54. The van der Waals surface area contributed by atoms with E-state index in [1.807, 2.05) is 0 Å². The fourth-order valence-electron chi connectivity index (χ4n) is 27.0. The van der Waals surface area contributed by atoms with Crippen molar-refractivity contribution in [3.63, 3.8) is 0 Å². The first kappa shape index (κ1) is 78.3. The normalized spacial score (nSPS) is 44.0. The maximum Gasteiger partial charge on any atom is 0.0690 e. The molecule has 0 aliphatic heterocycles. The van der Waals surface area contributed by atoms with E-state index in [9.17, 15) is 0 Å². The molecule has 20 saturated carbocycles. The fraction of sp³-hybridized carbons (Fsp3) is 1.00. The lowest BCUT2D eigenvalue weighted by atomic mass is 9.50. The van der Waals surface area contributed by atoms with Crippen LogP contribution in [0.15, 0.2) is 0 Å². The molecule has 0 saturated heterocycles. The third-order valence-corrected chi connectivity index (χ3v) is 30.6. The number of rotatable bonds is 18. The van der Waals surface area contributed by atoms with E-state index in [1.54, 1.807) is 32.1 Å². The Hall–Kier alpha value is -0.280. The molecule has 20 rings (SSSR count). The van der Waals surface area contributed by atoms with Crippen LogP contribution in [0.4, 0.5) is 0 Å². The zero-order valence-electron chi connectivity index (χ0n) is 65.9. The molecule has 0 amide bonds. The second-order valence-corrected chi connectivity index (χ2v) is 38.8. The molecule has 0 heterocycles. The van der Waals surface area contributed by atoms with Crippen molar-refractivity contribution in [2.45, 2.75) is 371 Å². The predicted molar refractivity (Wildman–Crippen MR) is 401 cm³/mol. The van der Waals surface area contributed by atoms with E-state index in [4.69, 9.17) is 33.2 Å². The number of hydrogen-bond donors (Lipinski definition) is 0. The second kappa shape index (κ2) is 37.1. The van der Waals surface area contributed by atoms with Gasteiger partial charge in [0.25, 0.3) is 0 Å². The third-order valence-electron chi connectivity index (χ3n) is 30.6. The van der Waals surface area contributed by atoms with Gasteiger partial charge in [-0.05, 0) is 369 Å². The highest BCUT2D eigenvalue weighted by molar-refractivity contribution is 5.05. The smallest absolute Gasteiger partial charge is 0.0690 e. The average Bonchev–Trinajstić information content (AvgIpc) is 0.818. The lowest BCUT2D eigenvalue weighted by Gasteiger charge is -2.56. The Morgan fingerprint density at radius 3 is 1.35 bits per heavy atom. The van der Waals surface area contributed by atoms with Gasteiger partial charge in [0.1, 0.15) is 0 Å². The number of ether oxygens (including phenoxy) is 7. The minimum Gasteiger partial charge on any atom is -0.381 e. The Kier molecular flexibility index (Phi) is 30.3. The quantitative estimate of drug-likeness (QED) is 0.135. The van der Waals surface area contributed by atoms with Crippen LogP contribution in [-0.4, -0.2) is 89.5 Å². The molecule has 0 spiro atoms. The molecule has 7 nitrogen and oxygen atoms in total. The molecule has 20 aliphatic rings. The van der Waals surface area contributed by atoms with Crippen LogP contribution >= 0.6 is 0 Å². The molecule has 7 atom stereocenters. The minimum atomic E-state index is 0.351. The van der Waals surface area contributed by atoms with E-state index in [2.05, 4.69) is 96.9 Å². The zero-order chi connectivity index (χ0) is 68.0. The summed E-state index contributed by atoms with van der Waals surface area (Å²) in [5.41, 5.74) is 1.70. The van der Waals surface area contributed by atoms with Gasteiger partial charge in [-0.1, -0.05) is 106 Å². The minimum absolute atomic E-state index is 0.351. The SMILES string of the molecule is CCOC12CC3CC(CC(C3)C1)C2.CCOC1C2CC3CC(C2)CC1C3.CCOC1CC(C)CCC1C(C)C.CCOC1CCCC(C2CCCCC2)C1.CCOC1CCCCC1(C)C(C)(C)C.CCOCC12CC3CC(CC(C3)C1)C2.CCOCC1C2CC3CC(C2)CC1C3. The first-order valence-electron chi connectivity index (χ1n) is 43.5. The van der Waals surface area contributed by atoms with Crippen LogP contribution in [0, 0.1) is 135 Å². The van der Waals surface area contributed by atoms with Gasteiger partial charge in [-0.2, -0.15) is 0 Å². The summed E-state index contributed by atoms with van der Waals surface area (Å²) in [5.74, 6) is 20.1. The molecule has 0 radical (unpaired) electrons. The van der Waals surface area contributed by atoms with Gasteiger partial charge in [0.2, 0.25) is 0 Å². The van der Waals surface area contributed by atoms with Crippen LogP contribution in [0.25, 0.3) is 0 Å². The van der Waals surface area contributed by atoms with Gasteiger partial charge < -0.3 is 33.2 Å². The van der Waals surface area contributed by atoms with Crippen molar-refractivity contribution in [2.75, 3.05) is 59.5 Å². The van der Waals surface area contributed by atoms with Gasteiger partial charge in [-0.3, -0.25) is 0 Å². The molecular weight excluding hydrogens is 1180 g/mol. The fourth-order valence-corrected chi connectivity index (χ4v) is 27.0. The maximum absolute atomic E-state index is 6.04. The van der Waals surface area contributed by atoms with Crippen LogP contribution in [-0.2, 0) is 33.2 Å². The van der Waals surface area contributed by atoms with Gasteiger partial charge in [0.15, 0.2) is 0 Å². The Bertz CT molecular complexity index is 2040. The monoisotopic (exact) mass is 1340 g/mol. The van der Waals surface area contributed by atoms with E-state index >= 15 is 0 Å². The summed E-state index contributed by atoms with van der Waals surface area (Å²) >= 11 is 0. The topological polar surface area (TPSA) is 64.6 Å². The summed E-state index contributed by atoms with van der Waals surface area (Å²) in [5, 5.41) is 0. The van der Waals surface area contributed by atoms with E-state index in [0.717, 1.165) is 178 Å². The molecule has 7 unspecified atom stereocenters. The van der Waals surface area contributed by atoms with Crippen molar-refractivity contribution in [3.05, 3.63) is 0 Å². The molecule has 20 aliphatic carbocycles. The van der Waals surface area contributed by atoms with Crippen molar-refractivity contribution < 1.29 is 33.2 Å². The molecule has 0 aromatic rings. The lowest BCUT2D eigenvalue weighted by molar-refractivity contribution is -0.159. The molecular formula is C89H160O7. The standard InChI is InChI=1S/C14H26O.2C13H22O.C13H26O.2C12H20O.C12H24O/c1-2-15-14-10-6-9-13(11-14)12-7-4-3-5-8-12;1-2-14-9-13-6-10-3-11(7-13)5-12(4-10)8-13;1-2-14-8-13-11-4-9-3-10(6-11)7-12(13)5-9;1-6-14-11-9-7-8-10-13(11,5)12(2,3)4;1-2-13-12-6-9-3-10(7-12)5-11(4-9)8-12;1-2-13-12-10-4-8-3-9(6-10)7-11(12)5-8;1-5-13-12-8-10(4)6-7-11(12)9(2)3/h12-14H,2-11H2,1H3;10-12H,2-9H2,1H3;9-13H,2-8H2,1H3;11H,6-10H2,1-5H3;9-11H,2-8H2,1H3;8-12H,2-7H2,1H3;9-12H,5-8H2,1-4H3. The van der Waals surface area contributed by atoms with Gasteiger partial charge in [0, 0.05) is 52.9 Å². The van der Waals surface area contributed by atoms with E-state index in [-0.39, 0.29) is 0 Å². The second-order valence-electron chi connectivity index (χ2n) is 38.8. The van der Waals surface area contributed by atoms with Gasteiger partial charge in [0.05, 0.1) is 36.6 Å². The summed E-state index contributed by atoms with van der Waals surface area (Å²) in [7, 11) is 0. The highest BCUT2D eigenvalue weighted by Crippen LogP contribution is 2.62. The molecule has 0 aromatic carbocycles. The molecule has 558 valence electrons.